The van der Waals surface area contributed by atoms with E-state index in [4.69, 9.17) is 4.84 Å². The van der Waals surface area contributed by atoms with Crippen LogP contribution in [0, 0.1) is 0 Å². The molecule has 0 aliphatic carbocycles. The molecule has 4 heteroatoms. The van der Waals surface area contributed by atoms with Gasteiger partial charge in [0.15, 0.2) is 5.75 Å². The third-order valence-corrected chi connectivity index (χ3v) is 2.97. The summed E-state index contributed by atoms with van der Waals surface area (Å²) in [6.07, 6.45) is 0. The van der Waals surface area contributed by atoms with Crippen molar-refractivity contribution < 1.29 is 4.84 Å². The molecule has 2 nitrogen and oxygen atoms in total. The van der Waals surface area contributed by atoms with E-state index in [0.717, 1.165) is 17.2 Å². The van der Waals surface area contributed by atoms with Crippen LogP contribution in [0.4, 0.5) is 5.69 Å². The summed E-state index contributed by atoms with van der Waals surface area (Å²) in [6.45, 7) is 4.11. The first kappa shape index (κ1) is 12.9. The lowest BCUT2D eigenvalue weighted by molar-refractivity contribution is 0.345. The molecular formula is C14H15BNOS. The second kappa shape index (κ2) is 7.02. The summed E-state index contributed by atoms with van der Waals surface area (Å²) in [6, 6.07) is 19.8. The highest BCUT2D eigenvalue weighted by Crippen LogP contribution is 2.19. The van der Waals surface area contributed by atoms with Gasteiger partial charge in [-0.3, -0.25) is 0 Å². The first-order valence-electron chi connectivity index (χ1n) is 5.92. The number of para-hydroxylation sites is 2. The Hall–Kier alpha value is -1.55. The zero-order chi connectivity index (χ0) is 12.6. The summed E-state index contributed by atoms with van der Waals surface area (Å²) in [5, 5.41) is 0. The van der Waals surface area contributed by atoms with Crippen LogP contribution >= 0.6 is 11.6 Å². The Morgan fingerprint density at radius 1 is 1.00 bits per heavy atom. The quantitative estimate of drug-likeness (QED) is 0.576. The molecule has 0 fully saturated rings. The van der Waals surface area contributed by atoms with Gasteiger partial charge in [-0.15, -0.1) is 0 Å². The minimum Gasteiger partial charge on any atom is -0.392 e. The van der Waals surface area contributed by atoms with Gasteiger partial charge in [0.1, 0.15) is 0 Å². The highest BCUT2D eigenvalue weighted by Gasteiger charge is 2.10. The molecule has 0 saturated carbocycles. The van der Waals surface area contributed by atoms with Crippen molar-refractivity contribution in [2.45, 2.75) is 6.92 Å². The SMILES string of the molecule is CCS[B]N(Oc1ccccc1)c1ccccc1. The van der Waals surface area contributed by atoms with Gasteiger partial charge < -0.3 is 4.84 Å². The van der Waals surface area contributed by atoms with Crippen molar-refractivity contribution in [3.05, 3.63) is 60.7 Å². The maximum Gasteiger partial charge on any atom is 0.377 e. The Labute approximate surface area is 113 Å². The van der Waals surface area contributed by atoms with Crippen molar-refractivity contribution in [3.63, 3.8) is 0 Å². The first-order valence-corrected chi connectivity index (χ1v) is 6.97. The topological polar surface area (TPSA) is 12.5 Å². The number of anilines is 1. The standard InChI is InChI=1S/C14H15BNOS/c1-2-18-15-16(13-9-5-3-6-10-13)17-14-11-7-4-8-12-14/h3-12H,2H2,1H3. The van der Waals surface area contributed by atoms with Crippen LogP contribution in [0.3, 0.4) is 0 Å². The fourth-order valence-electron chi connectivity index (χ4n) is 1.45. The van der Waals surface area contributed by atoms with Crippen LogP contribution in [0.2, 0.25) is 0 Å². The minimum absolute atomic E-state index is 0.828. The van der Waals surface area contributed by atoms with Gasteiger partial charge in [-0.25, -0.2) is 4.97 Å². The fourth-order valence-corrected chi connectivity index (χ4v) is 1.90. The first-order chi connectivity index (χ1) is 8.90. The van der Waals surface area contributed by atoms with Gasteiger partial charge in [0.2, 0.25) is 0 Å². The van der Waals surface area contributed by atoms with Gasteiger partial charge in [0.05, 0.1) is 5.69 Å². The van der Waals surface area contributed by atoms with Crippen LogP contribution < -0.4 is 9.81 Å². The molecule has 0 aromatic heterocycles. The third kappa shape index (κ3) is 3.74. The van der Waals surface area contributed by atoms with Crippen LogP contribution in [0.15, 0.2) is 60.7 Å². The normalized spacial score (nSPS) is 9.83. The molecule has 0 amide bonds. The van der Waals surface area contributed by atoms with Gasteiger partial charge in [0.25, 0.3) is 0 Å². The molecule has 0 saturated heterocycles. The maximum absolute atomic E-state index is 5.86. The predicted octanol–water partition coefficient (Wildman–Crippen LogP) is 3.77. The van der Waals surface area contributed by atoms with E-state index in [-0.39, 0.29) is 0 Å². The van der Waals surface area contributed by atoms with Crippen molar-refractivity contribution in [2.75, 3.05) is 10.7 Å². The van der Waals surface area contributed by atoms with Crippen molar-refractivity contribution >= 4 is 24.0 Å². The molecule has 0 heterocycles. The van der Waals surface area contributed by atoms with Crippen LogP contribution in [0.5, 0.6) is 5.75 Å². The molecule has 18 heavy (non-hydrogen) atoms. The largest absolute Gasteiger partial charge is 0.392 e. The predicted molar refractivity (Wildman–Crippen MR) is 79.9 cm³/mol. The molecule has 0 atom stereocenters. The van der Waals surface area contributed by atoms with E-state index < -0.39 is 0 Å². The highest BCUT2D eigenvalue weighted by molar-refractivity contribution is 8.22. The second-order valence-electron chi connectivity index (χ2n) is 3.63. The molecule has 2 aromatic rings. The highest BCUT2D eigenvalue weighted by atomic mass is 32.2. The molecule has 0 N–H and O–H groups in total. The van der Waals surface area contributed by atoms with Crippen molar-refractivity contribution in [1.82, 2.24) is 0 Å². The summed E-state index contributed by atoms with van der Waals surface area (Å²) in [7, 11) is 0. The average Bonchev–Trinajstić information content (AvgIpc) is 2.45. The number of rotatable bonds is 6. The van der Waals surface area contributed by atoms with Crippen LogP contribution in [0.25, 0.3) is 0 Å². The van der Waals surface area contributed by atoms with Gasteiger partial charge in [0, 0.05) is 0 Å². The zero-order valence-corrected chi connectivity index (χ0v) is 11.1. The molecular weight excluding hydrogens is 241 g/mol. The van der Waals surface area contributed by atoms with Crippen molar-refractivity contribution in [3.8, 4) is 5.75 Å². The molecule has 1 radical (unpaired) electrons. The van der Waals surface area contributed by atoms with E-state index in [2.05, 4.69) is 6.92 Å². The summed E-state index contributed by atoms with van der Waals surface area (Å²) < 4.78 is 0. The van der Waals surface area contributed by atoms with E-state index in [1.54, 1.807) is 16.6 Å². The van der Waals surface area contributed by atoms with Gasteiger partial charge >= 0.3 is 6.69 Å². The summed E-state index contributed by atoms with van der Waals surface area (Å²) >= 11 is 1.71. The molecule has 0 unspecified atom stereocenters. The van der Waals surface area contributed by atoms with Crippen LogP contribution in [-0.4, -0.2) is 12.4 Å². The number of hydrogen-bond acceptors (Lipinski definition) is 3. The summed E-state index contributed by atoms with van der Waals surface area (Å²) in [5.41, 5.74) is 1.02. The Morgan fingerprint density at radius 3 is 2.22 bits per heavy atom. The van der Waals surface area contributed by atoms with Crippen LogP contribution in [-0.2, 0) is 0 Å². The van der Waals surface area contributed by atoms with E-state index in [9.17, 15) is 0 Å². The molecule has 0 aliphatic heterocycles. The molecule has 91 valence electrons. The molecule has 2 aromatic carbocycles. The molecule has 2 rings (SSSR count). The third-order valence-electron chi connectivity index (χ3n) is 2.29. The number of hydrogen-bond donors (Lipinski definition) is 0. The maximum atomic E-state index is 5.86. The monoisotopic (exact) mass is 256 g/mol. The lowest BCUT2D eigenvalue weighted by Crippen LogP contribution is -2.29. The molecule has 0 aliphatic rings. The number of nitrogens with zero attached hydrogens (tertiary/aromatic N) is 1. The van der Waals surface area contributed by atoms with Crippen LogP contribution in [0.1, 0.15) is 6.92 Å². The van der Waals surface area contributed by atoms with Crippen molar-refractivity contribution in [1.29, 1.82) is 0 Å². The zero-order valence-electron chi connectivity index (χ0n) is 10.3. The van der Waals surface area contributed by atoms with E-state index in [1.165, 1.54) is 0 Å². The fraction of sp³-hybridized carbons (Fsp3) is 0.143. The van der Waals surface area contributed by atoms with Gasteiger partial charge in [-0.1, -0.05) is 43.3 Å². The second-order valence-corrected chi connectivity index (χ2v) is 4.75. The smallest absolute Gasteiger partial charge is 0.377 e. The molecule has 0 bridgehead atoms. The lowest BCUT2D eigenvalue weighted by Gasteiger charge is -2.23. The summed E-state index contributed by atoms with van der Waals surface area (Å²) in [4.78, 5) is 7.65. The van der Waals surface area contributed by atoms with Gasteiger partial charge in [-0.05, 0) is 30.0 Å². The van der Waals surface area contributed by atoms with E-state index >= 15 is 0 Å². The minimum atomic E-state index is 0.828. The lowest BCUT2D eigenvalue weighted by atomic mass is 10.2. The van der Waals surface area contributed by atoms with E-state index in [0.29, 0.717) is 0 Å². The Balaban J connectivity index is 2.10. The average molecular weight is 256 g/mol. The Kier molecular flexibility index (Phi) is 5.03. The molecule has 0 spiro atoms. The Morgan fingerprint density at radius 2 is 1.61 bits per heavy atom. The summed E-state index contributed by atoms with van der Waals surface area (Å²) in [5.74, 6) is 1.84. The van der Waals surface area contributed by atoms with E-state index in [1.807, 2.05) is 67.4 Å². The van der Waals surface area contributed by atoms with Crippen molar-refractivity contribution in [2.24, 2.45) is 0 Å². The Bertz CT molecular complexity index is 452. The number of benzene rings is 2. The van der Waals surface area contributed by atoms with Gasteiger partial charge in [-0.2, -0.15) is 11.6 Å².